The third-order valence-electron chi connectivity index (χ3n) is 5.51. The number of thiophene rings is 1. The Morgan fingerprint density at radius 1 is 1.07 bits per heavy atom. The largest absolute Gasteiger partial charge is 0.371 e. The molecule has 1 N–H and O–H groups in total. The van der Waals surface area contributed by atoms with Crippen LogP contribution in [-0.4, -0.2) is 42.9 Å². The molecule has 2 amide bonds. The van der Waals surface area contributed by atoms with Crippen LogP contribution in [0.5, 0.6) is 0 Å². The zero-order chi connectivity index (χ0) is 19.5. The van der Waals surface area contributed by atoms with Gasteiger partial charge in [-0.2, -0.15) is 0 Å². The number of nitrogens with zero attached hydrogens (tertiary/aromatic N) is 2. The number of hydrogen-bond acceptors (Lipinski definition) is 4. The maximum absolute atomic E-state index is 14.0. The van der Waals surface area contributed by atoms with Gasteiger partial charge in [-0.05, 0) is 55.3 Å². The highest BCUT2D eigenvalue weighted by molar-refractivity contribution is 7.12. The number of amides is 2. The summed E-state index contributed by atoms with van der Waals surface area (Å²) in [6, 6.07) is 8.44. The molecule has 0 spiro atoms. The van der Waals surface area contributed by atoms with E-state index in [2.05, 4.69) is 10.2 Å². The van der Waals surface area contributed by atoms with Crippen molar-refractivity contribution < 1.29 is 14.0 Å². The number of carbonyl (C=O) groups excluding carboxylic acids is 2. The molecule has 0 aliphatic carbocycles. The lowest BCUT2D eigenvalue weighted by Crippen LogP contribution is -2.41. The first-order valence-electron chi connectivity index (χ1n) is 9.79. The predicted octanol–water partition coefficient (Wildman–Crippen LogP) is 3.98. The zero-order valence-corrected chi connectivity index (χ0v) is 16.5. The fraction of sp³-hybridized carbons (Fsp3) is 0.429. The van der Waals surface area contributed by atoms with Gasteiger partial charge in [-0.15, -0.1) is 11.3 Å². The van der Waals surface area contributed by atoms with Crippen molar-refractivity contribution in [3.63, 3.8) is 0 Å². The van der Waals surface area contributed by atoms with Crippen LogP contribution < -0.4 is 10.2 Å². The second-order valence-electron chi connectivity index (χ2n) is 7.43. The van der Waals surface area contributed by atoms with Crippen molar-refractivity contribution in [3.8, 4) is 0 Å². The molecule has 0 atom stereocenters. The molecule has 0 saturated carbocycles. The number of piperidine rings is 1. The van der Waals surface area contributed by atoms with E-state index in [-0.39, 0.29) is 23.5 Å². The Kier molecular flexibility index (Phi) is 5.62. The van der Waals surface area contributed by atoms with Crippen LogP contribution in [0.25, 0.3) is 0 Å². The lowest BCUT2D eigenvalue weighted by atomic mass is 9.95. The summed E-state index contributed by atoms with van der Waals surface area (Å²) in [7, 11) is 0. The predicted molar refractivity (Wildman–Crippen MR) is 109 cm³/mol. The van der Waals surface area contributed by atoms with Crippen LogP contribution in [-0.2, 0) is 4.79 Å². The van der Waals surface area contributed by atoms with Crippen molar-refractivity contribution >= 4 is 34.5 Å². The van der Waals surface area contributed by atoms with Crippen molar-refractivity contribution in [2.24, 2.45) is 5.92 Å². The van der Waals surface area contributed by atoms with E-state index in [0.29, 0.717) is 31.6 Å². The SMILES string of the molecule is O=C(Nc1cc(F)cc(N2CCCC2)c1)C1CCN(C(=O)c2cccs2)CC1. The van der Waals surface area contributed by atoms with Gasteiger partial charge in [-0.1, -0.05) is 6.07 Å². The van der Waals surface area contributed by atoms with Crippen LogP contribution in [0, 0.1) is 11.7 Å². The Morgan fingerprint density at radius 3 is 2.50 bits per heavy atom. The fourth-order valence-corrected chi connectivity index (χ4v) is 4.64. The highest BCUT2D eigenvalue weighted by atomic mass is 32.1. The number of rotatable bonds is 4. The quantitative estimate of drug-likeness (QED) is 0.843. The van der Waals surface area contributed by atoms with Crippen molar-refractivity contribution in [3.05, 3.63) is 46.4 Å². The molecule has 2 aliphatic rings. The van der Waals surface area contributed by atoms with Crippen LogP contribution in [0.3, 0.4) is 0 Å². The van der Waals surface area contributed by atoms with E-state index in [0.717, 1.165) is 36.5 Å². The van der Waals surface area contributed by atoms with Gasteiger partial charge in [-0.3, -0.25) is 9.59 Å². The van der Waals surface area contributed by atoms with E-state index in [1.807, 2.05) is 28.5 Å². The van der Waals surface area contributed by atoms with Gasteiger partial charge in [-0.25, -0.2) is 4.39 Å². The van der Waals surface area contributed by atoms with E-state index in [9.17, 15) is 14.0 Å². The summed E-state index contributed by atoms with van der Waals surface area (Å²) in [5, 5.41) is 4.77. The van der Waals surface area contributed by atoms with Gasteiger partial charge in [0.15, 0.2) is 0 Å². The third kappa shape index (κ3) is 4.19. The summed E-state index contributed by atoms with van der Waals surface area (Å²) in [6.45, 7) is 2.98. The Labute approximate surface area is 168 Å². The number of carbonyl (C=O) groups is 2. The summed E-state index contributed by atoms with van der Waals surface area (Å²) in [5.74, 6) is -0.558. The number of anilines is 2. The Balaban J connectivity index is 1.35. The molecule has 1 aromatic heterocycles. The zero-order valence-electron chi connectivity index (χ0n) is 15.7. The third-order valence-corrected chi connectivity index (χ3v) is 6.36. The number of nitrogens with one attached hydrogen (secondary N) is 1. The molecule has 28 heavy (non-hydrogen) atoms. The maximum atomic E-state index is 14.0. The molecule has 2 aliphatic heterocycles. The second kappa shape index (κ2) is 8.31. The fourth-order valence-electron chi connectivity index (χ4n) is 3.95. The molecule has 1 aromatic carbocycles. The lowest BCUT2D eigenvalue weighted by molar-refractivity contribution is -0.121. The molecule has 2 fully saturated rings. The van der Waals surface area contributed by atoms with Gasteiger partial charge < -0.3 is 15.1 Å². The topological polar surface area (TPSA) is 52.7 Å². The summed E-state index contributed by atoms with van der Waals surface area (Å²) in [5.41, 5.74) is 1.33. The van der Waals surface area contributed by atoms with E-state index in [1.54, 1.807) is 0 Å². The molecule has 0 unspecified atom stereocenters. The minimum absolute atomic E-state index is 0.0363. The molecule has 0 bridgehead atoms. The van der Waals surface area contributed by atoms with Crippen molar-refractivity contribution in [1.29, 1.82) is 0 Å². The first-order chi connectivity index (χ1) is 13.6. The summed E-state index contributed by atoms with van der Waals surface area (Å²) in [6.07, 6.45) is 3.47. The Morgan fingerprint density at radius 2 is 1.82 bits per heavy atom. The van der Waals surface area contributed by atoms with Crippen molar-refractivity contribution in [2.75, 3.05) is 36.4 Å². The summed E-state index contributed by atoms with van der Waals surface area (Å²) in [4.78, 5) is 29.8. The van der Waals surface area contributed by atoms with Gasteiger partial charge in [0.05, 0.1) is 4.88 Å². The molecule has 2 saturated heterocycles. The van der Waals surface area contributed by atoms with E-state index < -0.39 is 0 Å². The highest BCUT2D eigenvalue weighted by Crippen LogP contribution is 2.27. The second-order valence-corrected chi connectivity index (χ2v) is 8.37. The molecule has 4 rings (SSSR count). The molecule has 0 radical (unpaired) electrons. The highest BCUT2D eigenvalue weighted by Gasteiger charge is 2.28. The van der Waals surface area contributed by atoms with Gasteiger partial charge in [0.25, 0.3) is 5.91 Å². The summed E-state index contributed by atoms with van der Waals surface area (Å²) >= 11 is 1.44. The maximum Gasteiger partial charge on any atom is 0.263 e. The molecular formula is C21H24FN3O2S. The van der Waals surface area contributed by atoms with Crippen LogP contribution in [0.2, 0.25) is 0 Å². The molecule has 3 heterocycles. The van der Waals surface area contributed by atoms with Crippen molar-refractivity contribution in [2.45, 2.75) is 25.7 Å². The molecular weight excluding hydrogens is 377 g/mol. The van der Waals surface area contributed by atoms with Gasteiger partial charge in [0.2, 0.25) is 5.91 Å². The van der Waals surface area contributed by atoms with E-state index in [4.69, 9.17) is 0 Å². The molecule has 148 valence electrons. The molecule has 7 heteroatoms. The minimum atomic E-state index is -0.337. The number of benzene rings is 1. The normalized spacial score (nSPS) is 17.8. The molecule has 5 nitrogen and oxygen atoms in total. The standard InChI is InChI=1S/C21H24FN3O2S/c22-16-12-17(14-18(13-16)24-7-1-2-8-24)23-20(26)15-5-9-25(10-6-15)21(27)19-4-3-11-28-19/h3-4,11-15H,1-2,5-10H2,(H,23,26). The van der Waals surface area contributed by atoms with Gasteiger partial charge >= 0.3 is 0 Å². The average Bonchev–Trinajstić information content (AvgIpc) is 3.41. The summed E-state index contributed by atoms with van der Waals surface area (Å²) < 4.78 is 14.0. The first-order valence-corrected chi connectivity index (χ1v) is 10.7. The first kappa shape index (κ1) is 18.9. The lowest BCUT2D eigenvalue weighted by Gasteiger charge is -2.31. The van der Waals surface area contributed by atoms with Crippen LogP contribution in [0.15, 0.2) is 35.7 Å². The van der Waals surface area contributed by atoms with Gasteiger partial charge in [0, 0.05) is 43.5 Å². The minimum Gasteiger partial charge on any atom is -0.371 e. The Hall–Kier alpha value is -2.41. The molecule has 2 aromatic rings. The van der Waals surface area contributed by atoms with Gasteiger partial charge in [0.1, 0.15) is 5.82 Å². The van der Waals surface area contributed by atoms with Crippen LogP contribution in [0.1, 0.15) is 35.4 Å². The van der Waals surface area contributed by atoms with E-state index in [1.165, 1.54) is 23.5 Å². The number of hydrogen-bond donors (Lipinski definition) is 1. The Bertz CT molecular complexity index is 841. The van der Waals surface area contributed by atoms with Crippen molar-refractivity contribution in [1.82, 2.24) is 4.90 Å². The smallest absolute Gasteiger partial charge is 0.263 e. The van der Waals surface area contributed by atoms with Crippen LogP contribution in [0.4, 0.5) is 15.8 Å². The monoisotopic (exact) mass is 401 g/mol. The van der Waals surface area contributed by atoms with Crippen LogP contribution >= 0.6 is 11.3 Å². The number of halogens is 1. The number of likely N-dealkylation sites (tertiary alicyclic amines) is 1. The average molecular weight is 402 g/mol. The van der Waals surface area contributed by atoms with E-state index >= 15 is 0 Å².